The monoisotopic (exact) mass is 661 g/mol. The van der Waals surface area contributed by atoms with Crippen LogP contribution in [0.1, 0.15) is 44.7 Å². The van der Waals surface area contributed by atoms with Gasteiger partial charge in [0, 0.05) is 23.7 Å². The average molecular weight is 662 g/mol. The van der Waals surface area contributed by atoms with E-state index >= 15 is 0 Å². The van der Waals surface area contributed by atoms with Crippen molar-refractivity contribution in [3.05, 3.63) is 89.5 Å². The Hall–Kier alpha value is -3.99. The maximum absolute atomic E-state index is 14.8. The summed E-state index contributed by atoms with van der Waals surface area (Å²) in [5, 5.41) is 14.2. The molecule has 47 heavy (non-hydrogen) atoms. The molecule has 1 spiro atoms. The number of allylic oxidation sites excluding steroid dienone is 1. The Labute approximate surface area is 279 Å². The number of anilines is 1. The molecule has 4 aliphatic heterocycles. The van der Waals surface area contributed by atoms with Gasteiger partial charge in [-0.2, -0.15) is 0 Å². The number of esters is 1. The van der Waals surface area contributed by atoms with E-state index in [9.17, 15) is 24.3 Å². The summed E-state index contributed by atoms with van der Waals surface area (Å²) in [5.41, 5.74) is -0.158. The Balaban J connectivity index is 1.46. The molecule has 11 heteroatoms. The normalized spacial score (nSPS) is 30.8. The Morgan fingerprint density at radius 2 is 1.77 bits per heavy atom. The number of aliphatic hydroxyl groups excluding tert-OH is 1. The first-order chi connectivity index (χ1) is 22.6. The molecule has 10 nitrogen and oxygen atoms in total. The molecule has 2 fully saturated rings. The van der Waals surface area contributed by atoms with Crippen LogP contribution in [0.5, 0.6) is 0 Å². The zero-order valence-corrected chi connectivity index (χ0v) is 27.2. The molecular weight excluding hydrogens is 622 g/mol. The Morgan fingerprint density at radius 3 is 2.47 bits per heavy atom. The van der Waals surface area contributed by atoms with E-state index in [1.54, 1.807) is 53.5 Å². The van der Waals surface area contributed by atoms with Crippen LogP contribution in [0.2, 0.25) is 5.02 Å². The summed E-state index contributed by atoms with van der Waals surface area (Å²) >= 11 is 6.15. The van der Waals surface area contributed by atoms with E-state index in [0.29, 0.717) is 23.6 Å². The number of rotatable bonds is 6. The van der Waals surface area contributed by atoms with Crippen molar-refractivity contribution >= 4 is 41.0 Å². The van der Waals surface area contributed by atoms with Gasteiger partial charge in [0.2, 0.25) is 11.8 Å². The average Bonchev–Trinajstić information content (AvgIpc) is 3.45. The lowest BCUT2D eigenvalue weighted by molar-refractivity contribution is -0.147. The minimum atomic E-state index is -1.49. The molecule has 0 saturated carbocycles. The standard InChI is InChI=1S/C36H40ClN3O7/c1-22(2)19-26(20-41)40-32-35(45)39(25-15-13-24(37)14-16-25)18-8-17-36(32)31(34(40)44)30-28(47-36)11-6-7-12-29(42)46-21-27(38-33(30)43)23-9-4-3-5-10-23/h3-6,8-11,13-17,22,26-28,30-32,41H,7,12,18-21H2,1-2H3,(H,38,43)/b11-6-/t26-,27-,28+,30-,31-,32+,36-/m1/s1. The molecule has 3 amide bonds. The van der Waals surface area contributed by atoms with Gasteiger partial charge in [0.05, 0.1) is 36.6 Å². The largest absolute Gasteiger partial charge is 0.463 e. The molecule has 4 heterocycles. The molecular formula is C36H40ClN3O7. The number of fused-ring (bicyclic) bond motifs is 2. The highest BCUT2D eigenvalue weighted by atomic mass is 35.5. The van der Waals surface area contributed by atoms with Crippen molar-refractivity contribution in [2.75, 3.05) is 24.7 Å². The molecule has 2 saturated heterocycles. The van der Waals surface area contributed by atoms with E-state index < -0.39 is 59.5 Å². The van der Waals surface area contributed by atoms with Crippen LogP contribution in [-0.4, -0.2) is 77.2 Å². The van der Waals surface area contributed by atoms with Crippen LogP contribution < -0.4 is 10.2 Å². The summed E-state index contributed by atoms with van der Waals surface area (Å²) in [7, 11) is 0. The van der Waals surface area contributed by atoms with Crippen molar-refractivity contribution in [1.29, 1.82) is 0 Å². The first-order valence-electron chi connectivity index (χ1n) is 16.2. The Morgan fingerprint density at radius 1 is 1.02 bits per heavy atom. The fourth-order valence-electron chi connectivity index (χ4n) is 7.44. The molecule has 0 aliphatic carbocycles. The van der Waals surface area contributed by atoms with Crippen LogP contribution in [-0.2, 0) is 28.7 Å². The summed E-state index contributed by atoms with van der Waals surface area (Å²) in [4.78, 5) is 59.5. The van der Waals surface area contributed by atoms with Crippen LogP contribution in [0.3, 0.4) is 0 Å². The summed E-state index contributed by atoms with van der Waals surface area (Å²) in [6, 6.07) is 13.6. The van der Waals surface area contributed by atoms with E-state index in [-0.39, 0.29) is 38.0 Å². The zero-order valence-electron chi connectivity index (χ0n) is 26.5. The topological polar surface area (TPSA) is 125 Å². The van der Waals surface area contributed by atoms with E-state index in [1.165, 1.54) is 4.90 Å². The second-order valence-corrected chi connectivity index (χ2v) is 13.4. The van der Waals surface area contributed by atoms with E-state index in [2.05, 4.69) is 5.32 Å². The lowest BCUT2D eigenvalue weighted by Crippen LogP contribution is -2.58. The third-order valence-corrected chi connectivity index (χ3v) is 9.74. The van der Waals surface area contributed by atoms with Crippen molar-refractivity contribution in [3.63, 3.8) is 0 Å². The smallest absolute Gasteiger partial charge is 0.306 e. The number of benzene rings is 2. The summed E-state index contributed by atoms with van der Waals surface area (Å²) in [6.07, 6.45) is 7.12. The summed E-state index contributed by atoms with van der Waals surface area (Å²) in [6.45, 7) is 3.75. The SMILES string of the molecule is CC(C)C[C@H](CO)N1C(=O)[C@H]2[C@@H]3C(=O)N[C@@H](c4ccccc4)COC(=O)CC/C=C\[C@@H]3O[C@]23C=CCN(c2ccc(Cl)cc2)C(=O)[C@H]13. The van der Waals surface area contributed by atoms with Gasteiger partial charge in [-0.05, 0) is 48.6 Å². The van der Waals surface area contributed by atoms with Crippen LogP contribution in [0.4, 0.5) is 5.69 Å². The predicted molar refractivity (Wildman–Crippen MR) is 175 cm³/mol. The summed E-state index contributed by atoms with van der Waals surface area (Å²) < 4.78 is 12.3. The quantitative estimate of drug-likeness (QED) is 0.354. The highest BCUT2D eigenvalue weighted by Crippen LogP contribution is 2.54. The molecule has 0 unspecified atom stereocenters. The maximum atomic E-state index is 14.8. The van der Waals surface area contributed by atoms with Gasteiger partial charge < -0.3 is 29.7 Å². The van der Waals surface area contributed by atoms with Gasteiger partial charge in [-0.1, -0.05) is 80.1 Å². The fourth-order valence-corrected chi connectivity index (χ4v) is 7.57. The minimum Gasteiger partial charge on any atom is -0.463 e. The first kappa shape index (κ1) is 32.9. The van der Waals surface area contributed by atoms with Gasteiger partial charge in [-0.3, -0.25) is 19.2 Å². The summed E-state index contributed by atoms with van der Waals surface area (Å²) in [5.74, 6) is -3.60. The number of carbonyl (C=O) groups is 4. The lowest BCUT2D eigenvalue weighted by Gasteiger charge is -2.39. The zero-order chi connectivity index (χ0) is 33.3. The molecule has 0 aromatic heterocycles. The molecule has 7 atom stereocenters. The molecule has 4 aliphatic rings. The number of hydrogen-bond donors (Lipinski definition) is 2. The van der Waals surface area contributed by atoms with Crippen LogP contribution in [0.25, 0.3) is 0 Å². The third-order valence-electron chi connectivity index (χ3n) is 9.49. The highest BCUT2D eigenvalue weighted by Gasteiger charge is 2.72. The number of amides is 3. The number of hydrogen-bond acceptors (Lipinski definition) is 7. The number of nitrogens with one attached hydrogen (secondary N) is 1. The predicted octanol–water partition coefficient (Wildman–Crippen LogP) is 3.98. The van der Waals surface area contributed by atoms with Gasteiger partial charge in [0.1, 0.15) is 18.2 Å². The van der Waals surface area contributed by atoms with Gasteiger partial charge >= 0.3 is 5.97 Å². The molecule has 6 rings (SSSR count). The number of ether oxygens (including phenoxy) is 2. The number of likely N-dealkylation sites (tertiary alicyclic amines) is 1. The number of nitrogens with zero attached hydrogens (tertiary/aromatic N) is 2. The number of carbonyl (C=O) groups excluding carboxylic acids is 4. The second kappa shape index (κ2) is 13.6. The van der Waals surface area contributed by atoms with Crippen molar-refractivity contribution in [3.8, 4) is 0 Å². The molecule has 0 bridgehead atoms. The van der Waals surface area contributed by atoms with E-state index in [1.807, 2.05) is 44.2 Å². The Bertz CT molecular complexity index is 1560. The molecule has 248 valence electrons. The maximum Gasteiger partial charge on any atom is 0.306 e. The van der Waals surface area contributed by atoms with E-state index in [0.717, 1.165) is 5.56 Å². The molecule has 2 aromatic carbocycles. The third kappa shape index (κ3) is 6.22. The van der Waals surface area contributed by atoms with E-state index in [4.69, 9.17) is 21.1 Å². The second-order valence-electron chi connectivity index (χ2n) is 13.0. The van der Waals surface area contributed by atoms with Crippen LogP contribution >= 0.6 is 11.6 Å². The molecule has 2 N–H and O–H groups in total. The van der Waals surface area contributed by atoms with Crippen LogP contribution in [0.15, 0.2) is 78.9 Å². The molecule has 2 aromatic rings. The van der Waals surface area contributed by atoms with Crippen molar-refractivity contribution in [2.24, 2.45) is 17.8 Å². The van der Waals surface area contributed by atoms with Crippen molar-refractivity contribution < 1.29 is 33.8 Å². The molecule has 0 radical (unpaired) electrons. The lowest BCUT2D eigenvalue weighted by atomic mass is 9.77. The van der Waals surface area contributed by atoms with Crippen molar-refractivity contribution in [1.82, 2.24) is 10.2 Å². The highest BCUT2D eigenvalue weighted by molar-refractivity contribution is 6.30. The number of aliphatic hydroxyl groups is 1. The first-order valence-corrected chi connectivity index (χ1v) is 16.6. The number of cyclic esters (lactones) is 1. The van der Waals surface area contributed by atoms with Gasteiger partial charge in [-0.25, -0.2) is 0 Å². The minimum absolute atomic E-state index is 0.0789. The fraction of sp³-hybridized carbons (Fsp3) is 0.444. The van der Waals surface area contributed by atoms with Gasteiger partial charge in [-0.15, -0.1) is 0 Å². The van der Waals surface area contributed by atoms with Crippen LogP contribution in [0, 0.1) is 17.8 Å². The van der Waals surface area contributed by atoms with Gasteiger partial charge in [0.15, 0.2) is 0 Å². The van der Waals surface area contributed by atoms with Gasteiger partial charge in [0.25, 0.3) is 5.91 Å². The Kier molecular flexibility index (Phi) is 9.55. The number of halogens is 1. The van der Waals surface area contributed by atoms with Crippen molar-refractivity contribution in [2.45, 2.75) is 62.9 Å².